The maximum Gasteiger partial charge on any atom is 1.00 e. The molecule has 2 rings (SSSR count). The third-order valence-electron chi connectivity index (χ3n) is 4.93. The maximum atomic E-state index is 11.8. The molecule has 0 atom stereocenters. The van der Waals surface area contributed by atoms with Crippen molar-refractivity contribution in [3.05, 3.63) is 48.0 Å². The summed E-state index contributed by atoms with van der Waals surface area (Å²) in [5.41, 5.74) is 0.453. The first kappa shape index (κ1) is 27.6. The Labute approximate surface area is 223 Å². The van der Waals surface area contributed by atoms with Crippen molar-refractivity contribution >= 4 is 10.1 Å². The summed E-state index contributed by atoms with van der Waals surface area (Å²) in [7, 11) is -4.36. The van der Waals surface area contributed by atoms with E-state index in [-0.39, 0.29) is 62.0 Å². The number of hydrogen-bond donors (Lipinski definition) is 1. The monoisotopic (exact) mass is 458 g/mol. The zero-order valence-electron chi connectivity index (χ0n) is 18.1. The van der Waals surface area contributed by atoms with Gasteiger partial charge >= 0.3 is 51.4 Å². The first-order chi connectivity index (χ1) is 13.9. The average molecular weight is 459 g/mol. The molecule has 30 heavy (non-hydrogen) atoms. The fourth-order valence-electron chi connectivity index (χ4n) is 3.41. The minimum Gasteiger partial charge on any atom is -0.872 e. The van der Waals surface area contributed by atoms with Crippen molar-refractivity contribution in [3.8, 4) is 17.2 Å². The number of ether oxygens (including phenoxy) is 1. The van der Waals surface area contributed by atoms with E-state index in [0.29, 0.717) is 23.5 Å². The van der Waals surface area contributed by atoms with Gasteiger partial charge in [0.05, 0.1) is 0 Å². The summed E-state index contributed by atoms with van der Waals surface area (Å²) in [5, 5.41) is 11.5. The smallest absolute Gasteiger partial charge is 0.872 e. The zero-order chi connectivity index (χ0) is 21.1. The largest absolute Gasteiger partial charge is 1.00 e. The van der Waals surface area contributed by atoms with Crippen LogP contribution in [0.25, 0.3) is 0 Å². The van der Waals surface area contributed by atoms with Gasteiger partial charge in [-0.15, -0.1) is 5.75 Å². The third-order valence-corrected chi connectivity index (χ3v) is 5.87. The van der Waals surface area contributed by atoms with Gasteiger partial charge in [-0.3, -0.25) is 4.55 Å². The van der Waals surface area contributed by atoms with Crippen LogP contribution in [0, 0.1) is 0 Å². The number of hydrogen-bond acceptors (Lipinski definition) is 4. The van der Waals surface area contributed by atoms with E-state index in [1.165, 1.54) is 62.8 Å². The van der Waals surface area contributed by atoms with Crippen LogP contribution in [0.4, 0.5) is 0 Å². The quantitative estimate of drug-likeness (QED) is 0.283. The molecule has 0 aliphatic carbocycles. The molecule has 0 aliphatic heterocycles. The molecule has 0 radical (unpaired) electrons. The Balaban J connectivity index is 0.00000450. The van der Waals surface area contributed by atoms with Crippen LogP contribution in [0.5, 0.6) is 17.2 Å². The standard InChI is InChI=1S/C23H32O5S.K/c1-2-3-4-5-6-7-8-9-10-15-21-22(16-12-17-23(21)29(25,26)27)28-20-14-11-13-19(24)18-20;/h11-14,16-18,24H,2-10,15H2,1H3,(H,25,26,27);/q;+1/p-1. The normalized spacial score (nSPS) is 11.1. The molecule has 1 N–H and O–H groups in total. The topological polar surface area (TPSA) is 86.7 Å². The second kappa shape index (κ2) is 14.6. The predicted molar refractivity (Wildman–Crippen MR) is 113 cm³/mol. The van der Waals surface area contributed by atoms with E-state index >= 15 is 0 Å². The van der Waals surface area contributed by atoms with Crippen molar-refractivity contribution in [1.82, 2.24) is 0 Å². The molecule has 160 valence electrons. The van der Waals surface area contributed by atoms with E-state index in [0.717, 1.165) is 19.3 Å². The molecule has 0 amide bonds. The minimum absolute atomic E-state index is 0. The van der Waals surface area contributed by atoms with Gasteiger partial charge < -0.3 is 9.84 Å². The van der Waals surface area contributed by atoms with Gasteiger partial charge in [-0.2, -0.15) is 8.42 Å². The van der Waals surface area contributed by atoms with E-state index in [1.807, 2.05) is 0 Å². The van der Waals surface area contributed by atoms with Crippen LogP contribution in [0.1, 0.15) is 70.3 Å². The summed E-state index contributed by atoms with van der Waals surface area (Å²) >= 11 is 0. The van der Waals surface area contributed by atoms with Crippen molar-refractivity contribution in [2.24, 2.45) is 0 Å². The minimum atomic E-state index is -4.36. The summed E-state index contributed by atoms with van der Waals surface area (Å²) in [6.07, 6.45) is 10.9. The Kier molecular flexibility index (Phi) is 13.5. The van der Waals surface area contributed by atoms with Gasteiger partial charge in [0.2, 0.25) is 0 Å². The summed E-state index contributed by atoms with van der Waals surface area (Å²) in [6, 6.07) is 10.6. The van der Waals surface area contributed by atoms with E-state index in [4.69, 9.17) is 4.74 Å². The van der Waals surface area contributed by atoms with Gasteiger partial charge in [0.25, 0.3) is 10.1 Å². The third kappa shape index (κ3) is 9.81. The molecular weight excluding hydrogens is 427 g/mol. The van der Waals surface area contributed by atoms with Crippen LogP contribution in [0.2, 0.25) is 0 Å². The van der Waals surface area contributed by atoms with Gasteiger partial charge in [-0.1, -0.05) is 76.5 Å². The molecular formula is C23H31KO5S. The van der Waals surface area contributed by atoms with Crippen LogP contribution in [-0.4, -0.2) is 13.0 Å². The summed E-state index contributed by atoms with van der Waals surface area (Å²) in [5.74, 6) is 0.512. The summed E-state index contributed by atoms with van der Waals surface area (Å²) < 4.78 is 39.0. The molecule has 2 aromatic carbocycles. The molecule has 5 nitrogen and oxygen atoms in total. The van der Waals surface area contributed by atoms with Crippen molar-refractivity contribution in [1.29, 1.82) is 0 Å². The van der Waals surface area contributed by atoms with Crippen molar-refractivity contribution in [2.45, 2.75) is 76.0 Å². The molecule has 0 unspecified atom stereocenters. The molecule has 0 heterocycles. The first-order valence-corrected chi connectivity index (χ1v) is 11.9. The van der Waals surface area contributed by atoms with Gasteiger partial charge in [0.15, 0.2) is 0 Å². The fraction of sp³-hybridized carbons (Fsp3) is 0.478. The predicted octanol–water partition coefficient (Wildman–Crippen LogP) is 2.88. The van der Waals surface area contributed by atoms with Gasteiger partial charge in [0, 0.05) is 5.56 Å². The molecule has 2 aromatic rings. The van der Waals surface area contributed by atoms with E-state index in [2.05, 4.69) is 6.92 Å². The fourth-order valence-corrected chi connectivity index (χ4v) is 4.17. The second-order valence-electron chi connectivity index (χ2n) is 7.36. The second-order valence-corrected chi connectivity index (χ2v) is 8.75. The molecule has 0 aliphatic rings. The average Bonchev–Trinajstić information content (AvgIpc) is 2.67. The summed E-state index contributed by atoms with van der Waals surface area (Å²) in [6.45, 7) is 2.21. The van der Waals surface area contributed by atoms with Gasteiger partial charge in [-0.25, -0.2) is 0 Å². The molecule has 0 bridgehead atoms. The molecule has 0 fully saturated rings. The Bertz CT molecular complexity index is 868. The SMILES string of the molecule is CCCCCCCCCCCc1c(Oc2cccc([O-])c2)cccc1S(=O)(=O)O.[K+]. The van der Waals surface area contributed by atoms with Crippen molar-refractivity contribution in [2.75, 3.05) is 0 Å². The van der Waals surface area contributed by atoms with Gasteiger partial charge in [0.1, 0.15) is 16.4 Å². The molecule has 0 saturated carbocycles. The van der Waals surface area contributed by atoms with E-state index < -0.39 is 10.1 Å². The Hall–Kier alpha value is -0.414. The van der Waals surface area contributed by atoms with Crippen LogP contribution in [0.15, 0.2) is 47.4 Å². The maximum absolute atomic E-state index is 11.8. The Morgan fingerprint density at radius 2 is 1.50 bits per heavy atom. The van der Waals surface area contributed by atoms with Gasteiger partial charge in [-0.05, 0) is 37.1 Å². The van der Waals surface area contributed by atoms with E-state index in [9.17, 15) is 18.1 Å². The first-order valence-electron chi connectivity index (χ1n) is 10.5. The molecule has 0 saturated heterocycles. The molecule has 0 spiro atoms. The summed E-state index contributed by atoms with van der Waals surface area (Å²) in [4.78, 5) is -0.132. The van der Waals surface area contributed by atoms with Crippen LogP contribution in [-0.2, 0) is 16.5 Å². The number of benzene rings is 2. The van der Waals surface area contributed by atoms with Crippen LogP contribution < -0.4 is 61.2 Å². The number of rotatable bonds is 13. The van der Waals surface area contributed by atoms with Crippen molar-refractivity contribution < 1.29 is 74.2 Å². The molecule has 7 heteroatoms. The van der Waals surface area contributed by atoms with Crippen LogP contribution in [0.3, 0.4) is 0 Å². The number of unbranched alkanes of at least 4 members (excludes halogenated alkanes) is 8. The Morgan fingerprint density at radius 1 is 0.900 bits per heavy atom. The van der Waals surface area contributed by atoms with Crippen molar-refractivity contribution in [3.63, 3.8) is 0 Å². The molecule has 0 aromatic heterocycles. The van der Waals surface area contributed by atoms with Crippen LogP contribution >= 0.6 is 0 Å². The zero-order valence-corrected chi connectivity index (χ0v) is 22.0. The Morgan fingerprint density at radius 3 is 2.10 bits per heavy atom. The van der Waals surface area contributed by atoms with E-state index in [1.54, 1.807) is 18.2 Å².